The van der Waals surface area contributed by atoms with Gasteiger partial charge < -0.3 is 15.4 Å². The van der Waals surface area contributed by atoms with Gasteiger partial charge in [0, 0.05) is 30.2 Å². The summed E-state index contributed by atoms with van der Waals surface area (Å²) < 4.78 is 5.50. The van der Waals surface area contributed by atoms with Crippen LogP contribution in [0.4, 0.5) is 5.69 Å². The minimum Gasteiger partial charge on any atom is -0.379 e. The molecule has 0 radical (unpaired) electrons. The predicted octanol–water partition coefficient (Wildman–Crippen LogP) is 3.72. The quantitative estimate of drug-likeness (QED) is 0.779. The van der Waals surface area contributed by atoms with Gasteiger partial charge in [-0.15, -0.1) is 11.3 Å². The van der Waals surface area contributed by atoms with Crippen LogP contribution >= 0.6 is 23.6 Å². The molecule has 1 aromatic carbocycles. The molecule has 0 amide bonds. The van der Waals surface area contributed by atoms with Crippen LogP contribution in [0.2, 0.25) is 0 Å². The molecule has 1 aliphatic heterocycles. The van der Waals surface area contributed by atoms with Crippen LogP contribution < -0.4 is 10.6 Å². The number of morpholine rings is 1. The van der Waals surface area contributed by atoms with Gasteiger partial charge in [0.2, 0.25) is 0 Å². The van der Waals surface area contributed by atoms with Crippen molar-refractivity contribution in [1.29, 1.82) is 0 Å². The third-order valence-electron chi connectivity index (χ3n) is 4.67. The van der Waals surface area contributed by atoms with Gasteiger partial charge in [0.05, 0.1) is 19.3 Å². The van der Waals surface area contributed by atoms with Crippen molar-refractivity contribution in [3.05, 3.63) is 51.7 Å². The van der Waals surface area contributed by atoms with E-state index in [2.05, 4.69) is 65.1 Å². The van der Waals surface area contributed by atoms with E-state index in [4.69, 9.17) is 17.0 Å². The molecule has 1 atom stereocenters. The first-order valence-electron chi connectivity index (χ1n) is 8.61. The fraction of sp³-hybridized carbons (Fsp3) is 0.421. The van der Waals surface area contributed by atoms with Crippen molar-refractivity contribution in [2.24, 2.45) is 0 Å². The Hall–Kier alpha value is -1.47. The molecule has 1 saturated heterocycles. The van der Waals surface area contributed by atoms with Crippen molar-refractivity contribution in [3.63, 3.8) is 0 Å². The van der Waals surface area contributed by atoms with Crippen molar-refractivity contribution in [2.45, 2.75) is 19.9 Å². The Morgan fingerprint density at radius 3 is 2.76 bits per heavy atom. The number of thiophene rings is 1. The number of rotatable bonds is 5. The minimum absolute atomic E-state index is 0.322. The van der Waals surface area contributed by atoms with E-state index in [1.807, 2.05) is 0 Å². The largest absolute Gasteiger partial charge is 0.379 e. The molecule has 134 valence electrons. The van der Waals surface area contributed by atoms with Crippen molar-refractivity contribution in [2.75, 3.05) is 38.2 Å². The Morgan fingerprint density at radius 1 is 1.24 bits per heavy atom. The average Bonchev–Trinajstić information content (AvgIpc) is 3.14. The molecule has 4 nitrogen and oxygen atoms in total. The zero-order valence-corrected chi connectivity index (χ0v) is 16.4. The van der Waals surface area contributed by atoms with Gasteiger partial charge >= 0.3 is 0 Å². The van der Waals surface area contributed by atoms with Crippen molar-refractivity contribution in [3.8, 4) is 0 Å². The van der Waals surface area contributed by atoms with Gasteiger partial charge in [-0.25, -0.2) is 0 Å². The topological polar surface area (TPSA) is 36.5 Å². The summed E-state index contributed by atoms with van der Waals surface area (Å²) in [7, 11) is 0. The normalized spacial score (nSPS) is 16.4. The molecular formula is C19H25N3OS2. The summed E-state index contributed by atoms with van der Waals surface area (Å²) in [6.45, 7) is 8.53. The highest BCUT2D eigenvalue weighted by Gasteiger charge is 2.23. The van der Waals surface area contributed by atoms with Crippen LogP contribution in [0.15, 0.2) is 35.7 Å². The monoisotopic (exact) mass is 375 g/mol. The smallest absolute Gasteiger partial charge is 0.170 e. The molecule has 0 spiro atoms. The Kier molecular flexibility index (Phi) is 6.42. The standard InChI is InChI=1S/C19H25N3OS2/c1-14-5-3-6-16(15(14)2)21-19(24)20-13-17(18-7-4-12-25-18)22-8-10-23-11-9-22/h3-7,12,17H,8-11,13H2,1-2H3,(H2,20,21,24)/t17-/m1/s1. The van der Waals surface area contributed by atoms with Gasteiger partial charge in [-0.05, 0) is 54.7 Å². The molecule has 25 heavy (non-hydrogen) atoms. The first-order chi connectivity index (χ1) is 12.1. The maximum Gasteiger partial charge on any atom is 0.170 e. The van der Waals surface area contributed by atoms with E-state index in [1.165, 1.54) is 16.0 Å². The van der Waals surface area contributed by atoms with Crippen molar-refractivity contribution >= 4 is 34.4 Å². The van der Waals surface area contributed by atoms with Crippen LogP contribution in [0.25, 0.3) is 0 Å². The molecule has 2 aromatic rings. The van der Waals surface area contributed by atoms with Crippen LogP contribution in [-0.2, 0) is 4.74 Å². The number of ether oxygens (including phenoxy) is 1. The zero-order chi connectivity index (χ0) is 17.6. The maximum atomic E-state index is 5.53. The highest BCUT2D eigenvalue weighted by Crippen LogP contribution is 2.25. The maximum absolute atomic E-state index is 5.53. The van der Waals surface area contributed by atoms with E-state index in [0.717, 1.165) is 38.5 Å². The summed E-state index contributed by atoms with van der Waals surface area (Å²) >= 11 is 7.32. The number of nitrogens with zero attached hydrogens (tertiary/aromatic N) is 1. The Balaban J connectivity index is 1.62. The van der Waals surface area contributed by atoms with Crippen LogP contribution in [0.5, 0.6) is 0 Å². The van der Waals surface area contributed by atoms with E-state index in [-0.39, 0.29) is 0 Å². The van der Waals surface area contributed by atoms with Gasteiger partial charge in [0.25, 0.3) is 0 Å². The molecule has 3 rings (SSSR count). The molecule has 0 bridgehead atoms. The first-order valence-corrected chi connectivity index (χ1v) is 9.90. The summed E-state index contributed by atoms with van der Waals surface area (Å²) in [6, 6.07) is 10.9. The number of thiocarbonyl (C=S) groups is 1. The molecule has 0 aliphatic carbocycles. The summed E-state index contributed by atoms with van der Waals surface area (Å²) in [4.78, 5) is 3.84. The minimum atomic E-state index is 0.322. The summed E-state index contributed by atoms with van der Waals surface area (Å²) in [5.74, 6) is 0. The lowest BCUT2D eigenvalue weighted by Gasteiger charge is -2.34. The van der Waals surface area contributed by atoms with Gasteiger partial charge in [0.15, 0.2) is 5.11 Å². The van der Waals surface area contributed by atoms with E-state index in [9.17, 15) is 0 Å². The average molecular weight is 376 g/mol. The second-order valence-corrected chi connectivity index (χ2v) is 7.65. The molecule has 1 fully saturated rings. The van der Waals surface area contributed by atoms with Crippen LogP contribution in [0.3, 0.4) is 0 Å². The van der Waals surface area contributed by atoms with Gasteiger partial charge in [0.1, 0.15) is 0 Å². The van der Waals surface area contributed by atoms with Crippen LogP contribution in [0.1, 0.15) is 22.0 Å². The first kappa shape index (κ1) is 18.3. The van der Waals surface area contributed by atoms with Crippen LogP contribution in [0, 0.1) is 13.8 Å². The molecule has 2 N–H and O–H groups in total. The molecule has 6 heteroatoms. The molecule has 1 aliphatic rings. The lowest BCUT2D eigenvalue weighted by molar-refractivity contribution is 0.0177. The second-order valence-electron chi connectivity index (χ2n) is 6.26. The lowest BCUT2D eigenvalue weighted by Crippen LogP contribution is -2.44. The highest BCUT2D eigenvalue weighted by atomic mass is 32.1. The molecule has 0 unspecified atom stereocenters. The van der Waals surface area contributed by atoms with E-state index >= 15 is 0 Å². The van der Waals surface area contributed by atoms with E-state index in [0.29, 0.717) is 11.2 Å². The number of benzene rings is 1. The third kappa shape index (κ3) is 4.79. The van der Waals surface area contributed by atoms with Crippen molar-refractivity contribution in [1.82, 2.24) is 10.2 Å². The summed E-state index contributed by atoms with van der Waals surface area (Å²) in [6.07, 6.45) is 0. The van der Waals surface area contributed by atoms with Gasteiger partial charge in [-0.2, -0.15) is 0 Å². The highest BCUT2D eigenvalue weighted by molar-refractivity contribution is 7.80. The number of aryl methyl sites for hydroxylation is 1. The van der Waals surface area contributed by atoms with Crippen molar-refractivity contribution < 1.29 is 4.74 Å². The molecule has 2 heterocycles. The zero-order valence-electron chi connectivity index (χ0n) is 14.7. The van der Waals surface area contributed by atoms with Gasteiger partial charge in [-0.1, -0.05) is 18.2 Å². The third-order valence-corrected chi connectivity index (χ3v) is 5.89. The van der Waals surface area contributed by atoms with Gasteiger partial charge in [-0.3, -0.25) is 4.90 Å². The van der Waals surface area contributed by atoms with E-state index in [1.54, 1.807) is 11.3 Å². The van der Waals surface area contributed by atoms with E-state index < -0.39 is 0 Å². The fourth-order valence-electron chi connectivity index (χ4n) is 3.02. The lowest BCUT2D eigenvalue weighted by atomic mass is 10.1. The SMILES string of the molecule is Cc1cccc(NC(=S)NC[C@H](c2cccs2)N2CCOCC2)c1C. The predicted molar refractivity (Wildman–Crippen MR) is 110 cm³/mol. The molecule has 1 aromatic heterocycles. The Labute approximate surface area is 159 Å². The molecule has 0 saturated carbocycles. The number of anilines is 1. The summed E-state index contributed by atoms with van der Waals surface area (Å²) in [5, 5.41) is 9.55. The number of hydrogen-bond donors (Lipinski definition) is 2. The fourth-order valence-corrected chi connectivity index (χ4v) is 4.08. The number of hydrogen-bond acceptors (Lipinski definition) is 4. The number of nitrogens with one attached hydrogen (secondary N) is 2. The summed E-state index contributed by atoms with van der Waals surface area (Å²) in [5.41, 5.74) is 3.56. The molecular weight excluding hydrogens is 350 g/mol. The Bertz CT molecular complexity index is 697. The van der Waals surface area contributed by atoms with Crippen LogP contribution in [-0.4, -0.2) is 42.9 Å². The Morgan fingerprint density at radius 2 is 2.04 bits per heavy atom. The second kappa shape index (κ2) is 8.76.